The van der Waals surface area contributed by atoms with Gasteiger partial charge in [0, 0.05) is 0 Å². The summed E-state index contributed by atoms with van der Waals surface area (Å²) in [6.45, 7) is 37.3. The van der Waals surface area contributed by atoms with Crippen LogP contribution in [0.15, 0.2) is 127 Å². The monoisotopic (exact) mass is 866 g/mol. The van der Waals surface area contributed by atoms with Gasteiger partial charge in [0.05, 0.1) is 40.4 Å². The molecule has 0 N–H and O–H groups in total. The van der Waals surface area contributed by atoms with Gasteiger partial charge in [0.1, 0.15) is 0 Å². The van der Waals surface area contributed by atoms with Crippen LogP contribution >= 0.6 is 0 Å². The van der Waals surface area contributed by atoms with Crippen molar-refractivity contribution in [2.75, 3.05) is 0 Å². The molecule has 0 heterocycles. The third kappa shape index (κ3) is 7.93. The summed E-state index contributed by atoms with van der Waals surface area (Å²) in [5.41, 5.74) is 10.7. The Morgan fingerprint density at radius 2 is 0.483 bits per heavy atom. The van der Waals surface area contributed by atoms with Crippen molar-refractivity contribution in [1.82, 2.24) is 0 Å². The van der Waals surface area contributed by atoms with Crippen LogP contribution in [0.25, 0.3) is 76.8 Å². The van der Waals surface area contributed by atoms with Crippen molar-refractivity contribution in [3.05, 3.63) is 127 Å². The van der Waals surface area contributed by atoms with Gasteiger partial charge in [-0.25, -0.2) is 0 Å². The lowest BCUT2D eigenvalue weighted by atomic mass is 9.82. The first-order chi connectivity index (χ1) is 27.9. The zero-order valence-corrected chi connectivity index (χ0v) is 44.1. The molecule has 0 radical (unpaired) electrons. The fourth-order valence-corrected chi connectivity index (χ4v) is 15.1. The van der Waals surface area contributed by atoms with Crippen molar-refractivity contribution >= 4 is 98.6 Å². The summed E-state index contributed by atoms with van der Waals surface area (Å²) in [4.78, 5) is 0. The topological polar surface area (TPSA) is 0 Å². The summed E-state index contributed by atoms with van der Waals surface area (Å²) in [6, 6.07) is 51.3. The van der Waals surface area contributed by atoms with Crippen LogP contribution in [0, 0.1) is 0 Å². The lowest BCUT2D eigenvalue weighted by Crippen LogP contribution is -2.45. The van der Waals surface area contributed by atoms with Gasteiger partial charge in [-0.05, 0) is 89.0 Å². The minimum absolute atomic E-state index is 1.32. The maximum Gasteiger partial charge on any atom is 0.0776 e. The van der Waals surface area contributed by atoms with Crippen LogP contribution in [0.3, 0.4) is 0 Å². The standard InChI is InChI=1S/C55H66Si5/c1-56(2,3)41-22-16-19-37(29-41)50-35-51(38-20-17-23-42(30-38)57(4,5)6)47-27-28-49-53(40-32-44(59(10,11)12)34-45(33-40)60(13,14)15)36-52(48-26-25-46(50)54(47)55(48)49)39-21-18-24-43(31-39)58(7,8)9/h16-36H,1-15H3. The third-order valence-corrected chi connectivity index (χ3v) is 23.2. The molecular weight excluding hydrogens is 801 g/mol. The van der Waals surface area contributed by atoms with Gasteiger partial charge >= 0.3 is 0 Å². The highest BCUT2D eigenvalue weighted by Crippen LogP contribution is 2.48. The predicted octanol–water partition coefficient (Wildman–Crippen LogP) is 14.0. The Balaban J connectivity index is 1.58. The molecule has 8 aromatic rings. The summed E-state index contributed by atoms with van der Waals surface area (Å²) in [5, 5.41) is 15.8. The van der Waals surface area contributed by atoms with E-state index in [4.69, 9.17) is 0 Å². The minimum atomic E-state index is -1.64. The summed E-state index contributed by atoms with van der Waals surface area (Å²) < 4.78 is 0. The molecule has 0 aromatic heterocycles. The normalized spacial score (nSPS) is 13.2. The van der Waals surface area contributed by atoms with Crippen molar-refractivity contribution in [1.29, 1.82) is 0 Å². The van der Waals surface area contributed by atoms with Crippen molar-refractivity contribution in [3.63, 3.8) is 0 Å². The molecule has 0 aliphatic carbocycles. The van der Waals surface area contributed by atoms with Crippen molar-refractivity contribution in [2.45, 2.75) is 98.2 Å². The van der Waals surface area contributed by atoms with E-state index in [2.05, 4.69) is 226 Å². The lowest BCUT2D eigenvalue weighted by molar-refractivity contribution is 1.62. The van der Waals surface area contributed by atoms with E-state index < -0.39 is 40.4 Å². The van der Waals surface area contributed by atoms with Gasteiger partial charge in [-0.2, -0.15) is 0 Å². The molecule has 8 rings (SSSR count). The van der Waals surface area contributed by atoms with Gasteiger partial charge in [-0.1, -0.05) is 239 Å². The Hall–Kier alpha value is -4.12. The van der Waals surface area contributed by atoms with Crippen molar-refractivity contribution < 1.29 is 0 Å². The second-order valence-electron chi connectivity index (χ2n) is 22.8. The smallest absolute Gasteiger partial charge is 0.0656 e. The molecule has 0 saturated carbocycles. The predicted molar refractivity (Wildman–Crippen MR) is 287 cm³/mol. The summed E-state index contributed by atoms with van der Waals surface area (Å²) in [5.74, 6) is 0. The second-order valence-corrected chi connectivity index (χ2v) is 48.2. The molecule has 0 atom stereocenters. The molecule has 5 heteroatoms. The summed E-state index contributed by atoms with van der Waals surface area (Å²) >= 11 is 0. The van der Waals surface area contributed by atoms with E-state index in [0.717, 1.165) is 0 Å². The molecule has 60 heavy (non-hydrogen) atoms. The van der Waals surface area contributed by atoms with Gasteiger partial charge < -0.3 is 0 Å². The van der Waals surface area contributed by atoms with E-state index in [1.807, 2.05) is 0 Å². The SMILES string of the molecule is C[Si](C)(C)c1cccc(-c2cc(-c3cccc([Si](C)(C)C)c3)c3ccc4c(-c5cc([Si](C)(C)C)cc([Si](C)(C)C)c5)cc(-c5cccc([Si](C)(C)C)c5)c5ccc2c3c54)c1. The first-order valence-electron chi connectivity index (χ1n) is 22.2. The fourth-order valence-electron chi connectivity index (χ4n) is 9.06. The molecule has 306 valence electrons. The van der Waals surface area contributed by atoms with Crippen LogP contribution in [0.4, 0.5) is 0 Å². The molecular formula is C55H66Si5. The van der Waals surface area contributed by atoms with E-state index in [-0.39, 0.29) is 0 Å². The van der Waals surface area contributed by atoms with Crippen LogP contribution in [0.5, 0.6) is 0 Å². The Morgan fingerprint density at radius 1 is 0.233 bits per heavy atom. The van der Waals surface area contributed by atoms with E-state index in [9.17, 15) is 0 Å². The Labute approximate surface area is 366 Å². The average molecular weight is 868 g/mol. The molecule has 0 fully saturated rings. The van der Waals surface area contributed by atoms with Crippen molar-refractivity contribution in [2.24, 2.45) is 0 Å². The van der Waals surface area contributed by atoms with E-state index >= 15 is 0 Å². The van der Waals surface area contributed by atoms with Gasteiger partial charge in [-0.15, -0.1) is 0 Å². The number of hydrogen-bond donors (Lipinski definition) is 0. The Kier molecular flexibility index (Phi) is 10.5. The molecule has 0 spiro atoms. The second kappa shape index (κ2) is 14.8. The number of rotatable bonds is 9. The first kappa shape index (κ1) is 42.6. The van der Waals surface area contributed by atoms with Crippen LogP contribution in [0.2, 0.25) is 98.2 Å². The first-order valence-corrected chi connectivity index (χ1v) is 39.7. The molecule has 0 aliphatic rings. The third-order valence-electron chi connectivity index (χ3n) is 13.0. The van der Waals surface area contributed by atoms with Crippen LogP contribution < -0.4 is 25.9 Å². The summed E-state index contributed by atoms with van der Waals surface area (Å²) in [7, 11) is -7.98. The zero-order chi connectivity index (χ0) is 43.3. The van der Waals surface area contributed by atoms with Gasteiger partial charge in [0.15, 0.2) is 0 Å². The average Bonchev–Trinajstić information content (AvgIpc) is 3.18. The molecule has 0 saturated heterocycles. The van der Waals surface area contributed by atoms with Gasteiger partial charge in [0.2, 0.25) is 0 Å². The van der Waals surface area contributed by atoms with E-state index in [0.29, 0.717) is 0 Å². The molecule has 0 amide bonds. The molecule has 0 nitrogen and oxygen atoms in total. The highest BCUT2D eigenvalue weighted by Gasteiger charge is 2.27. The van der Waals surface area contributed by atoms with E-state index in [1.54, 1.807) is 10.4 Å². The Bertz CT molecular complexity index is 2830. The lowest BCUT2D eigenvalue weighted by Gasteiger charge is -2.26. The molecule has 0 unspecified atom stereocenters. The molecule has 0 bridgehead atoms. The molecule has 0 aliphatic heterocycles. The molecule has 8 aromatic carbocycles. The fraction of sp³-hybridized carbons (Fsp3) is 0.273. The van der Waals surface area contributed by atoms with Gasteiger partial charge in [-0.3, -0.25) is 0 Å². The summed E-state index contributed by atoms with van der Waals surface area (Å²) in [6.07, 6.45) is 0. The van der Waals surface area contributed by atoms with Crippen LogP contribution in [-0.2, 0) is 0 Å². The zero-order valence-electron chi connectivity index (χ0n) is 39.1. The number of benzene rings is 8. The van der Waals surface area contributed by atoms with E-state index in [1.165, 1.54) is 92.4 Å². The highest BCUT2D eigenvalue weighted by molar-refractivity contribution is 6.92. The quantitative estimate of drug-likeness (QED) is 0.100. The van der Waals surface area contributed by atoms with Crippen LogP contribution in [0.1, 0.15) is 0 Å². The highest BCUT2D eigenvalue weighted by atomic mass is 28.3. The van der Waals surface area contributed by atoms with Crippen LogP contribution in [-0.4, -0.2) is 40.4 Å². The maximum atomic E-state index is 2.58. The Morgan fingerprint density at radius 3 is 0.750 bits per heavy atom. The van der Waals surface area contributed by atoms with Crippen molar-refractivity contribution in [3.8, 4) is 44.5 Å². The maximum absolute atomic E-state index is 2.58. The largest absolute Gasteiger partial charge is 0.0776 e. The number of hydrogen-bond acceptors (Lipinski definition) is 0. The minimum Gasteiger partial charge on any atom is -0.0656 e. The van der Waals surface area contributed by atoms with Gasteiger partial charge in [0.25, 0.3) is 0 Å².